The van der Waals surface area contributed by atoms with Gasteiger partial charge < -0.3 is 9.47 Å². The van der Waals surface area contributed by atoms with Crippen molar-refractivity contribution >= 4 is 32.9 Å². The fourth-order valence-corrected chi connectivity index (χ4v) is 3.51. The first kappa shape index (κ1) is 20.1. The minimum atomic E-state index is -0.441. The molecule has 0 saturated carbocycles. The summed E-state index contributed by atoms with van der Waals surface area (Å²) in [5.74, 6) is -0.170. The van der Waals surface area contributed by atoms with Crippen LogP contribution < -0.4 is 4.74 Å². The van der Waals surface area contributed by atoms with Crippen LogP contribution in [-0.4, -0.2) is 15.5 Å². The number of fused-ring (bicyclic) bond motifs is 1. The molecule has 152 valence electrons. The molecule has 0 aliphatic carbocycles. The van der Waals surface area contributed by atoms with Gasteiger partial charge in [-0.05, 0) is 29.8 Å². The maximum absolute atomic E-state index is 14.8. The summed E-state index contributed by atoms with van der Waals surface area (Å²) in [4.78, 5) is 15.4. The monoisotopic (exact) mass is 468 g/mol. The van der Waals surface area contributed by atoms with Gasteiger partial charge in [0.15, 0.2) is 0 Å². The molecule has 0 N–H and O–H groups in total. The number of carbonyl (C=O) groups excluding carboxylic acids is 1. The maximum atomic E-state index is 14.8. The average Bonchev–Trinajstić information content (AvgIpc) is 3.16. The molecule has 0 saturated heterocycles. The average molecular weight is 469 g/mol. The van der Waals surface area contributed by atoms with Crippen molar-refractivity contribution in [3.63, 3.8) is 0 Å². The van der Waals surface area contributed by atoms with Crippen LogP contribution in [0.3, 0.4) is 0 Å². The number of benzene rings is 3. The number of carbonyl (C=O) groups is 1. The number of hydrogen-bond acceptors (Lipinski definition) is 4. The Balaban J connectivity index is 1.59. The molecule has 7 heteroatoms. The third-order valence-electron chi connectivity index (χ3n) is 4.57. The van der Waals surface area contributed by atoms with Gasteiger partial charge in [0.05, 0.1) is 16.7 Å². The first-order valence-corrected chi connectivity index (χ1v) is 10.1. The molecule has 1 heterocycles. The lowest BCUT2D eigenvalue weighted by Gasteiger charge is -2.11. The predicted octanol–water partition coefficient (Wildman–Crippen LogP) is 5.57. The van der Waals surface area contributed by atoms with Gasteiger partial charge in [-0.1, -0.05) is 46.3 Å². The van der Waals surface area contributed by atoms with E-state index in [2.05, 4.69) is 20.9 Å². The second-order valence-electron chi connectivity index (χ2n) is 6.71. The molecule has 0 radical (unpaired) electrons. The first-order valence-electron chi connectivity index (χ1n) is 9.27. The van der Waals surface area contributed by atoms with Crippen LogP contribution in [0.2, 0.25) is 0 Å². The highest BCUT2D eigenvalue weighted by molar-refractivity contribution is 9.10. The van der Waals surface area contributed by atoms with E-state index in [1.54, 1.807) is 17.0 Å². The maximum Gasteiger partial charge on any atom is 0.302 e. The minimum absolute atomic E-state index is 0.0000932. The van der Waals surface area contributed by atoms with E-state index in [0.717, 1.165) is 11.1 Å². The highest BCUT2D eigenvalue weighted by atomic mass is 79.9. The second kappa shape index (κ2) is 8.67. The largest absolute Gasteiger partial charge is 0.489 e. The van der Waals surface area contributed by atoms with E-state index in [0.29, 0.717) is 33.6 Å². The van der Waals surface area contributed by atoms with Crippen LogP contribution in [0.4, 0.5) is 4.39 Å². The van der Waals surface area contributed by atoms with E-state index in [-0.39, 0.29) is 6.61 Å². The van der Waals surface area contributed by atoms with Crippen LogP contribution >= 0.6 is 15.9 Å². The van der Waals surface area contributed by atoms with Crippen LogP contribution in [0.25, 0.3) is 16.7 Å². The van der Waals surface area contributed by atoms with Crippen molar-refractivity contribution in [2.45, 2.75) is 20.1 Å². The van der Waals surface area contributed by atoms with Crippen molar-refractivity contribution < 1.29 is 18.7 Å². The third kappa shape index (κ3) is 4.36. The number of imidazole rings is 1. The Morgan fingerprint density at radius 1 is 1.10 bits per heavy atom. The van der Waals surface area contributed by atoms with Crippen LogP contribution in [-0.2, 0) is 22.7 Å². The molecule has 0 aliphatic rings. The number of nitrogens with zero attached hydrogens (tertiary/aromatic N) is 2. The zero-order valence-electron chi connectivity index (χ0n) is 16.1. The molecule has 4 aromatic rings. The van der Waals surface area contributed by atoms with Gasteiger partial charge >= 0.3 is 5.97 Å². The third-order valence-corrected chi connectivity index (χ3v) is 5.31. The van der Waals surface area contributed by atoms with Crippen molar-refractivity contribution in [1.82, 2.24) is 9.55 Å². The number of halogens is 2. The SMILES string of the molecule is CC(=O)OCc1cc(F)c(-n2cnc3cc(OCc4ccccc4)ccc32)cc1Br. The summed E-state index contributed by atoms with van der Waals surface area (Å²) >= 11 is 3.42. The summed E-state index contributed by atoms with van der Waals surface area (Å²) in [5, 5.41) is 0. The summed E-state index contributed by atoms with van der Waals surface area (Å²) in [5.41, 5.74) is 3.41. The van der Waals surface area contributed by atoms with Crippen LogP contribution in [0.5, 0.6) is 5.75 Å². The molecule has 5 nitrogen and oxygen atoms in total. The quantitative estimate of drug-likeness (QED) is 0.347. The van der Waals surface area contributed by atoms with Crippen molar-refractivity contribution in [2.75, 3.05) is 0 Å². The molecule has 0 unspecified atom stereocenters. The molecule has 30 heavy (non-hydrogen) atoms. The van der Waals surface area contributed by atoms with Crippen molar-refractivity contribution in [2.24, 2.45) is 0 Å². The molecule has 0 spiro atoms. The van der Waals surface area contributed by atoms with Crippen LogP contribution in [0.1, 0.15) is 18.1 Å². The highest BCUT2D eigenvalue weighted by Crippen LogP contribution is 2.28. The van der Waals surface area contributed by atoms with Gasteiger partial charge in [-0.2, -0.15) is 0 Å². The van der Waals surface area contributed by atoms with Crippen molar-refractivity contribution in [3.05, 3.63) is 88.4 Å². The standard InChI is InChI=1S/C23H18BrFN2O3/c1-15(28)29-13-17-9-20(25)23(11-19(17)24)27-14-26-21-10-18(7-8-22(21)27)30-12-16-5-3-2-4-6-16/h2-11,14H,12-13H2,1H3. The fraction of sp³-hybridized carbons (Fsp3) is 0.130. The summed E-state index contributed by atoms with van der Waals surface area (Å²) < 4.78 is 27.9. The van der Waals surface area contributed by atoms with E-state index in [1.807, 2.05) is 48.5 Å². The topological polar surface area (TPSA) is 53.4 Å². The van der Waals surface area contributed by atoms with E-state index in [9.17, 15) is 9.18 Å². The lowest BCUT2D eigenvalue weighted by atomic mass is 10.2. The predicted molar refractivity (Wildman–Crippen MR) is 115 cm³/mol. The molecular formula is C23H18BrFN2O3. The van der Waals surface area contributed by atoms with Gasteiger partial charge in [-0.15, -0.1) is 0 Å². The molecule has 0 fully saturated rings. The Morgan fingerprint density at radius 3 is 2.67 bits per heavy atom. The zero-order chi connectivity index (χ0) is 21.1. The number of aromatic nitrogens is 2. The Labute approximate surface area is 181 Å². The van der Waals surface area contributed by atoms with E-state index >= 15 is 0 Å². The van der Waals surface area contributed by atoms with Gasteiger partial charge in [0.2, 0.25) is 0 Å². The molecular weight excluding hydrogens is 451 g/mol. The van der Waals surface area contributed by atoms with Crippen molar-refractivity contribution in [3.8, 4) is 11.4 Å². The molecule has 0 bridgehead atoms. The van der Waals surface area contributed by atoms with Gasteiger partial charge in [-0.25, -0.2) is 9.37 Å². The Bertz CT molecular complexity index is 1210. The summed E-state index contributed by atoms with van der Waals surface area (Å²) in [6.45, 7) is 1.77. The Hall–Kier alpha value is -3.19. The molecule has 0 atom stereocenters. The van der Waals surface area contributed by atoms with E-state index < -0.39 is 11.8 Å². The Kier molecular flexibility index (Phi) is 5.81. The molecule has 3 aromatic carbocycles. The number of rotatable bonds is 6. The number of ether oxygens (including phenoxy) is 2. The summed E-state index contributed by atoms with van der Waals surface area (Å²) in [6.07, 6.45) is 1.57. The Morgan fingerprint density at radius 2 is 1.90 bits per heavy atom. The number of esters is 1. The summed E-state index contributed by atoms with van der Waals surface area (Å²) in [7, 11) is 0. The lowest BCUT2D eigenvalue weighted by molar-refractivity contribution is -0.142. The van der Waals surface area contributed by atoms with Crippen LogP contribution in [0.15, 0.2) is 71.5 Å². The number of hydrogen-bond donors (Lipinski definition) is 0. The van der Waals surface area contributed by atoms with E-state index in [1.165, 1.54) is 13.0 Å². The minimum Gasteiger partial charge on any atom is -0.489 e. The normalized spacial score (nSPS) is 10.9. The van der Waals surface area contributed by atoms with Crippen LogP contribution in [0, 0.1) is 5.82 Å². The van der Waals surface area contributed by atoms with Crippen molar-refractivity contribution in [1.29, 1.82) is 0 Å². The smallest absolute Gasteiger partial charge is 0.302 e. The zero-order valence-corrected chi connectivity index (χ0v) is 17.7. The molecule has 1 aromatic heterocycles. The van der Waals surface area contributed by atoms with Gasteiger partial charge in [0, 0.05) is 23.0 Å². The second-order valence-corrected chi connectivity index (χ2v) is 7.57. The highest BCUT2D eigenvalue weighted by Gasteiger charge is 2.14. The molecule has 0 aliphatic heterocycles. The first-order chi connectivity index (χ1) is 14.5. The van der Waals surface area contributed by atoms with E-state index in [4.69, 9.17) is 9.47 Å². The van der Waals surface area contributed by atoms with Gasteiger partial charge in [0.25, 0.3) is 0 Å². The van der Waals surface area contributed by atoms with Gasteiger partial charge in [-0.3, -0.25) is 9.36 Å². The molecule has 0 amide bonds. The summed E-state index contributed by atoms with van der Waals surface area (Å²) in [6, 6.07) is 18.4. The fourth-order valence-electron chi connectivity index (χ4n) is 3.07. The van der Waals surface area contributed by atoms with Gasteiger partial charge in [0.1, 0.15) is 31.1 Å². The molecule has 4 rings (SSSR count). The lowest BCUT2D eigenvalue weighted by Crippen LogP contribution is -2.03.